The zero-order valence-corrected chi connectivity index (χ0v) is 14.0. The molecule has 6 heteroatoms. The van der Waals surface area contributed by atoms with Crippen molar-refractivity contribution >= 4 is 15.9 Å². The number of nitrogens with zero attached hydrogens (tertiary/aromatic N) is 1. The van der Waals surface area contributed by atoms with Gasteiger partial charge in [0.05, 0.1) is 4.47 Å². The van der Waals surface area contributed by atoms with Crippen molar-refractivity contribution in [1.82, 2.24) is 10.3 Å². The van der Waals surface area contributed by atoms with Crippen molar-refractivity contribution in [2.45, 2.75) is 44.7 Å². The van der Waals surface area contributed by atoms with Gasteiger partial charge in [0.15, 0.2) is 0 Å². The summed E-state index contributed by atoms with van der Waals surface area (Å²) < 4.78 is 28.4. The van der Waals surface area contributed by atoms with E-state index in [9.17, 15) is 8.78 Å². The fourth-order valence-electron chi connectivity index (χ4n) is 2.99. The normalized spacial score (nSPS) is 18.2. The van der Waals surface area contributed by atoms with E-state index in [0.29, 0.717) is 0 Å². The molecule has 0 spiro atoms. The highest BCUT2D eigenvalue weighted by Crippen LogP contribution is 2.29. The van der Waals surface area contributed by atoms with E-state index in [-0.39, 0.29) is 28.0 Å². The van der Waals surface area contributed by atoms with Gasteiger partial charge in [-0.1, -0.05) is 0 Å². The van der Waals surface area contributed by atoms with Crippen molar-refractivity contribution in [3.05, 3.63) is 33.8 Å². The number of nitrogens with two attached hydrogens (primary N) is 1. The van der Waals surface area contributed by atoms with Crippen LogP contribution in [0.3, 0.4) is 0 Å². The van der Waals surface area contributed by atoms with Crippen LogP contribution in [0.5, 0.6) is 0 Å². The minimum atomic E-state index is -0.549. The molecule has 1 heterocycles. The second-order valence-electron chi connectivity index (χ2n) is 6.09. The third-order valence-electron chi connectivity index (χ3n) is 4.52. The zero-order valence-electron chi connectivity index (χ0n) is 12.4. The van der Waals surface area contributed by atoms with Gasteiger partial charge in [0, 0.05) is 17.1 Å². The molecule has 1 fully saturated rings. The quantitative estimate of drug-likeness (QED) is 0.481. The highest BCUT2D eigenvalue weighted by atomic mass is 79.9. The average Bonchev–Trinajstić information content (AvgIpc) is 2.98. The number of likely N-dealkylation sites (tertiary alicyclic amines) is 1. The van der Waals surface area contributed by atoms with Crippen molar-refractivity contribution in [2.75, 3.05) is 13.1 Å². The minimum Gasteiger partial charge on any atom is -0.297 e. The summed E-state index contributed by atoms with van der Waals surface area (Å²) in [5.41, 5.74) is 2.55. The molecule has 1 unspecified atom stereocenters. The topological polar surface area (TPSA) is 41.3 Å². The van der Waals surface area contributed by atoms with Gasteiger partial charge in [-0.05, 0) is 74.3 Å². The van der Waals surface area contributed by atoms with Gasteiger partial charge in [-0.3, -0.25) is 16.2 Å². The fraction of sp³-hybridized carbons (Fsp3) is 0.600. The minimum absolute atomic E-state index is 0.0691. The lowest BCUT2D eigenvalue weighted by atomic mass is 9.88. The van der Waals surface area contributed by atoms with Gasteiger partial charge in [0.25, 0.3) is 0 Å². The number of hydrogen-bond donors (Lipinski definition) is 2. The number of hydrazine groups is 1. The van der Waals surface area contributed by atoms with Crippen molar-refractivity contribution in [3.63, 3.8) is 0 Å². The van der Waals surface area contributed by atoms with E-state index in [1.807, 2.05) is 0 Å². The van der Waals surface area contributed by atoms with Gasteiger partial charge < -0.3 is 0 Å². The van der Waals surface area contributed by atoms with Gasteiger partial charge in [0.2, 0.25) is 0 Å². The van der Waals surface area contributed by atoms with E-state index < -0.39 is 11.6 Å². The first-order valence-corrected chi connectivity index (χ1v) is 8.00. The lowest BCUT2D eigenvalue weighted by Gasteiger charge is -2.42. The molecule has 1 aromatic rings. The van der Waals surface area contributed by atoms with Crippen molar-refractivity contribution in [1.29, 1.82) is 0 Å². The largest absolute Gasteiger partial charge is 0.297 e. The van der Waals surface area contributed by atoms with E-state index in [4.69, 9.17) is 5.84 Å². The fourth-order valence-corrected chi connectivity index (χ4v) is 3.36. The molecule has 3 nitrogen and oxygen atoms in total. The van der Waals surface area contributed by atoms with E-state index in [1.165, 1.54) is 12.1 Å². The molecule has 0 saturated carbocycles. The summed E-state index contributed by atoms with van der Waals surface area (Å²) in [5, 5.41) is 0. The Morgan fingerprint density at radius 1 is 1.33 bits per heavy atom. The van der Waals surface area contributed by atoms with Crippen molar-refractivity contribution < 1.29 is 8.78 Å². The highest BCUT2D eigenvalue weighted by Gasteiger charge is 2.37. The Labute approximate surface area is 133 Å². The Kier molecular flexibility index (Phi) is 5.35. The molecule has 1 aliphatic heterocycles. The molecule has 1 aromatic carbocycles. The first kappa shape index (κ1) is 16.8. The summed E-state index contributed by atoms with van der Waals surface area (Å²) in [6.45, 7) is 6.12. The van der Waals surface area contributed by atoms with Crippen LogP contribution in [0, 0.1) is 11.6 Å². The number of halogens is 3. The third-order valence-corrected chi connectivity index (χ3v) is 5.13. The van der Waals surface area contributed by atoms with Crippen LogP contribution in [-0.2, 0) is 6.42 Å². The smallest absolute Gasteiger partial charge is 0.143 e. The highest BCUT2D eigenvalue weighted by molar-refractivity contribution is 9.10. The molecule has 0 radical (unpaired) electrons. The SMILES string of the molecule is CC(C)(C(Cc1c(F)ccc(Br)c1F)NN)N1CCCC1. The predicted octanol–water partition coefficient (Wildman–Crippen LogP) is 2.98. The Morgan fingerprint density at radius 3 is 2.52 bits per heavy atom. The molecular weight excluding hydrogens is 340 g/mol. The van der Waals surface area contributed by atoms with Crippen LogP contribution in [0.4, 0.5) is 8.78 Å². The Bertz CT molecular complexity index is 502. The van der Waals surface area contributed by atoms with Gasteiger partial charge >= 0.3 is 0 Å². The van der Waals surface area contributed by atoms with Gasteiger partial charge in [-0.15, -0.1) is 0 Å². The molecule has 0 amide bonds. The Morgan fingerprint density at radius 2 is 1.95 bits per heavy atom. The van der Waals surface area contributed by atoms with E-state index in [1.54, 1.807) is 0 Å². The summed E-state index contributed by atoms with van der Waals surface area (Å²) >= 11 is 3.11. The molecule has 21 heavy (non-hydrogen) atoms. The van der Waals surface area contributed by atoms with Crippen molar-refractivity contribution in [2.24, 2.45) is 5.84 Å². The monoisotopic (exact) mass is 361 g/mol. The van der Waals surface area contributed by atoms with Crippen LogP contribution in [0.15, 0.2) is 16.6 Å². The summed E-state index contributed by atoms with van der Waals surface area (Å²) in [6, 6.07) is 2.41. The first-order valence-electron chi connectivity index (χ1n) is 7.21. The maximum absolute atomic E-state index is 14.2. The van der Waals surface area contributed by atoms with Crippen LogP contribution < -0.4 is 11.3 Å². The molecule has 0 bridgehead atoms. The number of benzene rings is 1. The number of nitrogens with one attached hydrogen (secondary N) is 1. The lowest BCUT2D eigenvalue weighted by Crippen LogP contribution is -2.59. The van der Waals surface area contributed by atoms with Crippen LogP contribution in [0.25, 0.3) is 0 Å². The van der Waals surface area contributed by atoms with E-state index >= 15 is 0 Å². The second-order valence-corrected chi connectivity index (χ2v) is 6.95. The average molecular weight is 362 g/mol. The summed E-state index contributed by atoms with van der Waals surface area (Å²) in [6.07, 6.45) is 2.51. The summed E-state index contributed by atoms with van der Waals surface area (Å²) in [4.78, 5) is 2.32. The Balaban J connectivity index is 2.25. The third kappa shape index (κ3) is 3.44. The second kappa shape index (κ2) is 6.69. The summed E-state index contributed by atoms with van der Waals surface area (Å²) in [5.74, 6) is 4.60. The molecule has 0 aromatic heterocycles. The lowest BCUT2D eigenvalue weighted by molar-refractivity contribution is 0.106. The molecule has 3 N–H and O–H groups in total. The maximum Gasteiger partial charge on any atom is 0.143 e. The van der Waals surface area contributed by atoms with Crippen LogP contribution in [-0.4, -0.2) is 29.6 Å². The van der Waals surface area contributed by atoms with E-state index in [0.717, 1.165) is 25.9 Å². The zero-order chi connectivity index (χ0) is 15.6. The standard InChI is InChI=1S/C15H22BrF2N3/c1-15(2,21-7-3-4-8-21)13(20-19)9-10-12(17)6-5-11(16)14(10)18/h5-6,13,20H,3-4,7-9,19H2,1-2H3. The molecule has 0 aliphatic carbocycles. The van der Waals surface area contributed by atoms with Crippen molar-refractivity contribution in [3.8, 4) is 0 Å². The molecule has 118 valence electrons. The van der Waals surface area contributed by atoms with Gasteiger partial charge in [-0.2, -0.15) is 0 Å². The van der Waals surface area contributed by atoms with Crippen LogP contribution in [0.2, 0.25) is 0 Å². The van der Waals surface area contributed by atoms with Crippen LogP contribution in [0.1, 0.15) is 32.3 Å². The molecular formula is C15H22BrF2N3. The molecule has 1 atom stereocenters. The predicted molar refractivity (Wildman–Crippen MR) is 83.8 cm³/mol. The molecule has 1 saturated heterocycles. The first-order chi connectivity index (χ1) is 9.87. The van der Waals surface area contributed by atoms with E-state index in [2.05, 4.69) is 40.1 Å². The molecule has 1 aliphatic rings. The Hall–Kier alpha value is -0.560. The number of rotatable bonds is 5. The van der Waals surface area contributed by atoms with Gasteiger partial charge in [-0.25, -0.2) is 8.78 Å². The maximum atomic E-state index is 14.2. The summed E-state index contributed by atoms with van der Waals surface area (Å²) in [7, 11) is 0. The van der Waals surface area contributed by atoms with Gasteiger partial charge in [0.1, 0.15) is 11.6 Å². The number of hydrogen-bond acceptors (Lipinski definition) is 3. The van der Waals surface area contributed by atoms with Crippen LogP contribution >= 0.6 is 15.9 Å². The molecule has 2 rings (SSSR count).